The van der Waals surface area contributed by atoms with Crippen LogP contribution in [0.1, 0.15) is 43.4 Å². The van der Waals surface area contributed by atoms with Gasteiger partial charge in [-0.05, 0) is 49.5 Å². The minimum absolute atomic E-state index is 0.233. The highest BCUT2D eigenvalue weighted by Gasteiger charge is 2.46. The number of alkyl halides is 3. The first-order valence-electron chi connectivity index (χ1n) is 12.0. The number of hydrogen-bond donors (Lipinski definition) is 1. The average molecular weight is 506 g/mol. The topological polar surface area (TPSA) is 63.2 Å². The second-order valence-corrected chi connectivity index (χ2v) is 9.44. The number of benzene rings is 1. The summed E-state index contributed by atoms with van der Waals surface area (Å²) in [5.74, 6) is -1.39. The number of nitrogens with one attached hydrogen (secondary N) is 1. The number of ether oxygens (including phenoxy) is 2. The fourth-order valence-corrected chi connectivity index (χ4v) is 5.15. The SMILES string of the molecule is C[C@@H](NC(=O)C1=CC(C2=CCOCC2)=CN2C1=NCC21CCOCC1)c1cccc(C(F)(F)F)c1F. The third-order valence-corrected chi connectivity index (χ3v) is 7.22. The van der Waals surface area contributed by atoms with E-state index in [9.17, 15) is 22.4 Å². The molecule has 1 saturated heterocycles. The molecule has 0 radical (unpaired) electrons. The molecule has 4 aliphatic rings. The van der Waals surface area contributed by atoms with E-state index in [0.717, 1.165) is 30.1 Å². The summed E-state index contributed by atoms with van der Waals surface area (Å²) in [4.78, 5) is 20.3. The van der Waals surface area contributed by atoms with Crippen molar-refractivity contribution < 1.29 is 31.8 Å². The number of amidine groups is 1. The molecule has 0 unspecified atom stereocenters. The van der Waals surface area contributed by atoms with Crippen molar-refractivity contribution in [2.75, 3.05) is 33.0 Å². The van der Waals surface area contributed by atoms with Crippen molar-refractivity contribution in [3.05, 3.63) is 70.2 Å². The van der Waals surface area contributed by atoms with Gasteiger partial charge >= 0.3 is 6.18 Å². The fraction of sp³-hybridized carbons (Fsp3) is 0.462. The van der Waals surface area contributed by atoms with Crippen LogP contribution >= 0.6 is 0 Å². The van der Waals surface area contributed by atoms with Gasteiger partial charge in [-0.1, -0.05) is 18.2 Å². The highest BCUT2D eigenvalue weighted by atomic mass is 19.4. The van der Waals surface area contributed by atoms with E-state index in [1.54, 1.807) is 6.08 Å². The summed E-state index contributed by atoms with van der Waals surface area (Å²) in [6.45, 7) is 4.22. The molecule has 1 atom stereocenters. The molecule has 1 spiro atoms. The number of fused-ring (bicyclic) bond motifs is 2. The van der Waals surface area contributed by atoms with E-state index < -0.39 is 29.5 Å². The number of halogens is 4. The molecule has 0 saturated carbocycles. The van der Waals surface area contributed by atoms with Crippen LogP contribution in [-0.4, -0.2) is 55.2 Å². The lowest BCUT2D eigenvalue weighted by Gasteiger charge is -2.42. The van der Waals surface area contributed by atoms with E-state index in [-0.39, 0.29) is 11.1 Å². The molecule has 0 aliphatic carbocycles. The molecule has 4 heterocycles. The molecule has 0 aromatic heterocycles. The minimum Gasteiger partial charge on any atom is -0.381 e. The van der Waals surface area contributed by atoms with Gasteiger partial charge in [0.25, 0.3) is 5.91 Å². The quantitative estimate of drug-likeness (QED) is 0.614. The van der Waals surface area contributed by atoms with Gasteiger partial charge in [0.05, 0.1) is 42.5 Å². The Labute approximate surface area is 206 Å². The van der Waals surface area contributed by atoms with Crippen LogP contribution in [0.5, 0.6) is 0 Å². The van der Waals surface area contributed by atoms with Crippen LogP contribution in [0.25, 0.3) is 0 Å². The second kappa shape index (κ2) is 9.48. The van der Waals surface area contributed by atoms with Crippen LogP contribution in [0.15, 0.2) is 58.3 Å². The Morgan fingerprint density at radius 2 is 1.97 bits per heavy atom. The summed E-state index contributed by atoms with van der Waals surface area (Å²) in [7, 11) is 0. The standard InChI is InChI=1S/C26H27F4N3O3/c1-16(19-3-2-4-21(22(19)27)26(28,29)30)32-24(34)20-13-18(17-5-9-35-10-6-17)14-33-23(20)31-15-25(33)7-11-36-12-8-25/h2-5,13-14,16H,6-12,15H2,1H3,(H,32,34)/t16-/m1/s1. The normalized spacial score (nSPS) is 22.3. The summed E-state index contributed by atoms with van der Waals surface area (Å²) in [5.41, 5.74) is 0.349. The number of amides is 1. The highest BCUT2D eigenvalue weighted by Crippen LogP contribution is 2.39. The molecule has 1 amide bonds. The summed E-state index contributed by atoms with van der Waals surface area (Å²) in [6, 6.07) is 2.08. The third-order valence-electron chi connectivity index (χ3n) is 7.22. The fourth-order valence-electron chi connectivity index (χ4n) is 5.15. The molecule has 1 fully saturated rings. The van der Waals surface area contributed by atoms with Gasteiger partial charge in [-0.25, -0.2) is 4.39 Å². The number of rotatable bonds is 4. The number of allylic oxidation sites excluding steroid dienone is 2. The van der Waals surface area contributed by atoms with Crippen molar-refractivity contribution in [1.82, 2.24) is 10.2 Å². The van der Waals surface area contributed by atoms with Crippen LogP contribution < -0.4 is 5.32 Å². The van der Waals surface area contributed by atoms with Crippen molar-refractivity contribution in [1.29, 1.82) is 0 Å². The first-order chi connectivity index (χ1) is 17.2. The Bertz CT molecular complexity index is 1180. The van der Waals surface area contributed by atoms with Crippen LogP contribution in [0.4, 0.5) is 17.6 Å². The zero-order chi connectivity index (χ0) is 25.5. The Hall–Kier alpha value is -2.98. The first kappa shape index (κ1) is 24.7. The molecule has 6 nitrogen and oxygen atoms in total. The van der Waals surface area contributed by atoms with Crippen molar-refractivity contribution in [3.8, 4) is 0 Å². The van der Waals surface area contributed by atoms with E-state index in [1.165, 1.54) is 13.0 Å². The van der Waals surface area contributed by atoms with E-state index in [1.807, 2.05) is 12.3 Å². The van der Waals surface area contributed by atoms with Gasteiger partial charge in [0, 0.05) is 25.0 Å². The van der Waals surface area contributed by atoms with Gasteiger partial charge in [0.15, 0.2) is 0 Å². The molecular formula is C26H27F4N3O3. The second-order valence-electron chi connectivity index (χ2n) is 9.44. The van der Waals surface area contributed by atoms with Gasteiger partial charge in [0.2, 0.25) is 0 Å². The Kier molecular flexibility index (Phi) is 6.50. The number of aliphatic imine (C=N–C) groups is 1. The zero-order valence-corrected chi connectivity index (χ0v) is 19.8. The van der Waals surface area contributed by atoms with Crippen LogP contribution in [-0.2, 0) is 20.4 Å². The maximum absolute atomic E-state index is 14.7. The van der Waals surface area contributed by atoms with Gasteiger partial charge in [-0.3, -0.25) is 9.79 Å². The maximum atomic E-state index is 14.7. The molecule has 0 bridgehead atoms. The minimum atomic E-state index is -4.83. The lowest BCUT2D eigenvalue weighted by molar-refractivity contribution is -0.140. The molecule has 1 aromatic rings. The van der Waals surface area contributed by atoms with Crippen molar-refractivity contribution in [2.24, 2.45) is 4.99 Å². The number of hydrogen-bond acceptors (Lipinski definition) is 5. The van der Waals surface area contributed by atoms with E-state index in [0.29, 0.717) is 56.9 Å². The van der Waals surface area contributed by atoms with Crippen LogP contribution in [0.3, 0.4) is 0 Å². The Morgan fingerprint density at radius 3 is 2.67 bits per heavy atom. The lowest BCUT2D eigenvalue weighted by Crippen LogP contribution is -2.52. The van der Waals surface area contributed by atoms with E-state index >= 15 is 0 Å². The molecule has 4 aliphatic heterocycles. The number of carbonyl (C=O) groups excluding carboxylic acids is 1. The van der Waals surface area contributed by atoms with Crippen LogP contribution in [0.2, 0.25) is 0 Å². The molecule has 192 valence electrons. The Balaban J connectivity index is 1.45. The van der Waals surface area contributed by atoms with Crippen LogP contribution in [0, 0.1) is 5.82 Å². The van der Waals surface area contributed by atoms with Crippen molar-refractivity contribution >= 4 is 11.7 Å². The summed E-state index contributed by atoms with van der Waals surface area (Å²) >= 11 is 0. The Morgan fingerprint density at radius 1 is 1.19 bits per heavy atom. The highest BCUT2D eigenvalue weighted by molar-refractivity contribution is 6.22. The van der Waals surface area contributed by atoms with Gasteiger partial charge in [-0.2, -0.15) is 13.2 Å². The largest absolute Gasteiger partial charge is 0.419 e. The summed E-state index contributed by atoms with van der Waals surface area (Å²) in [5, 5.41) is 2.69. The molecule has 5 rings (SSSR count). The molecular weight excluding hydrogens is 478 g/mol. The van der Waals surface area contributed by atoms with Gasteiger partial charge < -0.3 is 19.7 Å². The van der Waals surface area contributed by atoms with Crippen molar-refractivity contribution in [3.63, 3.8) is 0 Å². The van der Waals surface area contributed by atoms with Gasteiger partial charge in [0.1, 0.15) is 11.7 Å². The average Bonchev–Trinajstić information content (AvgIpc) is 3.21. The predicted molar refractivity (Wildman–Crippen MR) is 125 cm³/mol. The van der Waals surface area contributed by atoms with E-state index in [4.69, 9.17) is 14.5 Å². The van der Waals surface area contributed by atoms with E-state index in [2.05, 4.69) is 10.2 Å². The molecule has 36 heavy (non-hydrogen) atoms. The number of carbonyl (C=O) groups is 1. The molecule has 10 heteroatoms. The predicted octanol–water partition coefficient (Wildman–Crippen LogP) is 4.46. The summed E-state index contributed by atoms with van der Waals surface area (Å²) in [6.07, 6.45) is 3.15. The maximum Gasteiger partial charge on any atom is 0.419 e. The smallest absolute Gasteiger partial charge is 0.381 e. The number of nitrogens with zero attached hydrogens (tertiary/aromatic N) is 2. The summed E-state index contributed by atoms with van der Waals surface area (Å²) < 4.78 is 65.3. The molecule has 1 N–H and O–H groups in total. The monoisotopic (exact) mass is 505 g/mol. The third kappa shape index (κ3) is 4.48. The first-order valence-corrected chi connectivity index (χ1v) is 12.0. The zero-order valence-electron chi connectivity index (χ0n) is 19.8. The van der Waals surface area contributed by atoms with Crippen molar-refractivity contribution in [2.45, 2.75) is 43.9 Å². The molecule has 1 aromatic carbocycles. The van der Waals surface area contributed by atoms with Gasteiger partial charge in [-0.15, -0.1) is 0 Å². The lowest BCUT2D eigenvalue weighted by atomic mass is 9.87.